The van der Waals surface area contributed by atoms with Crippen molar-refractivity contribution >= 4 is 106 Å². The first kappa shape index (κ1) is 105. The molecule has 552 valence electrons. The minimum absolute atomic E-state index is 0.133. The normalized spacial score (nSPS) is 10.7. The van der Waals surface area contributed by atoms with Gasteiger partial charge in [-0.25, -0.2) is 4.79 Å². The summed E-state index contributed by atoms with van der Waals surface area (Å²) < 4.78 is 40.8. The van der Waals surface area contributed by atoms with Crippen molar-refractivity contribution in [3.63, 3.8) is 0 Å². The average Bonchev–Trinajstić information content (AvgIpc) is 0.868. The van der Waals surface area contributed by atoms with Gasteiger partial charge in [0.1, 0.15) is 35.3 Å². The summed E-state index contributed by atoms with van der Waals surface area (Å²) in [5.74, 6) is 1.56. The van der Waals surface area contributed by atoms with E-state index < -0.39 is 39.8 Å². The van der Waals surface area contributed by atoms with Gasteiger partial charge in [0.15, 0.2) is 0 Å². The van der Waals surface area contributed by atoms with Gasteiger partial charge in [-0.3, -0.25) is 38.1 Å². The van der Waals surface area contributed by atoms with Gasteiger partial charge < -0.3 is 47.5 Å². The second-order valence-electron chi connectivity index (χ2n) is 24.9. The number of ether oxygens (including phenoxy) is 3. The minimum atomic E-state index is -3.74. The first-order chi connectivity index (χ1) is 44.0. The van der Waals surface area contributed by atoms with E-state index >= 15 is 0 Å². The van der Waals surface area contributed by atoms with E-state index in [-0.39, 0.29) is 49.9 Å². The SMILES string of the molecule is C=CCC(=O)CC(C)C.C=CCOC(C)C.CC(C)CC(=O)C(=O)O.CC(C)CC(=O)CC(=O)O.CC(C)CC(=O)CS.CC(C)P(=O)(O)O.CC(C)P(c1ccccc1)c1ccccc1.COCCOCSCC(=O)CC(C)C.CO[Si](CCC(=O)CC(C)C)(OC)OC. The molecule has 0 fully saturated rings. The zero-order valence-electron chi connectivity index (χ0n) is 62.0. The Balaban J connectivity index is -0.000000186. The van der Waals surface area contributed by atoms with Crippen molar-refractivity contribution in [3.05, 3.63) is 86.0 Å². The third-order valence-electron chi connectivity index (χ3n) is 11.2. The van der Waals surface area contributed by atoms with Gasteiger partial charge in [0.2, 0.25) is 5.78 Å². The summed E-state index contributed by atoms with van der Waals surface area (Å²) in [6.07, 6.45) is 7.54. The predicted molar refractivity (Wildman–Crippen MR) is 399 cm³/mol. The Morgan fingerprint density at radius 3 is 1.24 bits per heavy atom. The zero-order chi connectivity index (χ0) is 75.3. The number of Topliss-reactive ketones (excluding diaryl/α,β-unsaturated/α-hetero) is 6. The van der Waals surface area contributed by atoms with Crippen LogP contribution in [0.5, 0.6) is 0 Å². The molecule has 4 N–H and O–H groups in total. The highest BCUT2D eigenvalue weighted by atomic mass is 32.2. The van der Waals surface area contributed by atoms with Crippen LogP contribution in [0.3, 0.4) is 0 Å². The molecule has 0 bridgehead atoms. The number of methoxy groups -OCH3 is 1. The van der Waals surface area contributed by atoms with Crippen LogP contribution in [0.15, 0.2) is 86.0 Å². The van der Waals surface area contributed by atoms with Crippen molar-refractivity contribution < 1.29 is 90.4 Å². The van der Waals surface area contributed by atoms with Crippen molar-refractivity contribution in [1.29, 1.82) is 0 Å². The van der Waals surface area contributed by atoms with Crippen LogP contribution >= 0.6 is 39.9 Å². The second kappa shape index (κ2) is 67.3. The molecule has 19 nitrogen and oxygen atoms in total. The predicted octanol–water partition coefficient (Wildman–Crippen LogP) is 15.0. The molecule has 0 spiro atoms. The van der Waals surface area contributed by atoms with Crippen LogP contribution in [-0.2, 0) is 70.4 Å². The molecule has 0 heterocycles. The number of thiol groups is 1. The molecule has 0 aromatic heterocycles. The van der Waals surface area contributed by atoms with E-state index in [1.807, 2.05) is 69.2 Å². The number of carboxylic acids is 2. The molecule has 0 unspecified atom stereocenters. The summed E-state index contributed by atoms with van der Waals surface area (Å²) in [6.45, 7) is 44.2. The maximum absolute atomic E-state index is 11.5. The number of allylic oxidation sites excluding steroid dienone is 1. The first-order valence-corrected chi connectivity index (χ1v) is 39.1. The van der Waals surface area contributed by atoms with Crippen molar-refractivity contribution in [2.45, 2.75) is 206 Å². The van der Waals surface area contributed by atoms with Gasteiger partial charge in [-0.05, 0) is 73.5 Å². The van der Waals surface area contributed by atoms with Crippen LogP contribution < -0.4 is 10.6 Å². The van der Waals surface area contributed by atoms with Crippen molar-refractivity contribution in [1.82, 2.24) is 0 Å². The fourth-order valence-corrected chi connectivity index (χ4v) is 11.9. The summed E-state index contributed by atoms with van der Waals surface area (Å²) in [6, 6.07) is 22.3. The van der Waals surface area contributed by atoms with Gasteiger partial charge in [0.05, 0.1) is 43.3 Å². The monoisotopic (exact) mass is 1440 g/mol. The molecular formula is C71H128O19P2S2Si. The molecule has 0 aliphatic rings. The quantitative estimate of drug-likeness (QED) is 0.00610. The molecule has 0 radical (unpaired) electrons. The van der Waals surface area contributed by atoms with E-state index in [4.69, 9.17) is 47.5 Å². The Bertz CT molecular complexity index is 2280. The Labute approximate surface area is 586 Å². The van der Waals surface area contributed by atoms with Crippen LogP contribution in [0.2, 0.25) is 6.04 Å². The Morgan fingerprint density at radius 1 is 0.568 bits per heavy atom. The number of carboxylic acid groups (broad SMARTS) is 2. The molecule has 2 rings (SSSR count). The van der Waals surface area contributed by atoms with Crippen molar-refractivity contribution in [2.24, 2.45) is 35.5 Å². The molecule has 0 saturated heterocycles. The molecule has 95 heavy (non-hydrogen) atoms. The number of benzene rings is 2. The summed E-state index contributed by atoms with van der Waals surface area (Å²) in [5.41, 5.74) is 0.146. The molecule has 24 heteroatoms. The van der Waals surface area contributed by atoms with Crippen molar-refractivity contribution in [2.75, 3.05) is 65.7 Å². The number of carbonyl (C=O) groups is 8. The van der Waals surface area contributed by atoms with Crippen LogP contribution in [0.4, 0.5) is 0 Å². The standard InChI is InChI=1S/C15H17P.C10H22O4Si.C10H20O3S.C8H14O.C7H12O3.C6H10O3.C6H12OS.C6H12O.C3H9O3P/c1-13(2)16(14-9-5-3-6-10-14)15-11-7-4-8-12-15;1-9(2)8-10(11)6-7-15(12-3,13-4)14-5;1-9(2)6-10(11)7-14-8-13-5-4-12-3;1-4-5-8(9)6-7(2)3;1-5(2)3-6(8)4-7(9)10;1-4(2)3-5(7)6(8)9;1-5(2)3-6(7)4-8;1-4-5-7-6(2)3;1-3(2)7(4,5)6/h3-13H,1-2H3;9H,6-8H2,1-5H3;9H,4-8H2,1-3H3;4,7H,1,5-6H2,2-3H3;5H,3-4H2,1-2H3,(H,9,10);4H,3H2,1-2H3,(H,8,9);5,8H,3-4H2,1-2H3;4,6H,1,5H2,2-3H3;3H,1-2H3,(H2,4,5,6). The highest BCUT2D eigenvalue weighted by Gasteiger charge is 2.38. The van der Waals surface area contributed by atoms with E-state index in [1.54, 1.807) is 54.4 Å². The van der Waals surface area contributed by atoms with Gasteiger partial charge in [-0.2, -0.15) is 12.6 Å². The molecule has 0 saturated carbocycles. The van der Waals surface area contributed by atoms with Crippen LogP contribution in [-0.4, -0.2) is 159 Å². The molecule has 2 aromatic rings. The van der Waals surface area contributed by atoms with Crippen LogP contribution in [0.25, 0.3) is 0 Å². The largest absolute Gasteiger partial charge is 0.500 e. The summed E-state index contributed by atoms with van der Waals surface area (Å²) in [5, 5.41) is 19.2. The Kier molecular flexibility index (Phi) is 74.1. The van der Waals surface area contributed by atoms with E-state index in [0.717, 1.165) is 0 Å². The number of aliphatic carboxylic acids is 2. The van der Waals surface area contributed by atoms with Crippen LogP contribution in [0, 0.1) is 35.5 Å². The highest BCUT2D eigenvalue weighted by molar-refractivity contribution is 7.99. The lowest BCUT2D eigenvalue weighted by molar-refractivity contribution is -0.149. The molecule has 2 aromatic carbocycles. The summed E-state index contributed by atoms with van der Waals surface area (Å²) in [4.78, 5) is 101. The second-order valence-corrected chi connectivity index (χ2v) is 34.2. The zero-order valence-corrected chi connectivity index (χ0v) is 66.5. The molecule has 0 atom stereocenters. The molecule has 0 aliphatic carbocycles. The lowest BCUT2D eigenvalue weighted by Gasteiger charge is -2.23. The number of ketones is 6. The van der Waals surface area contributed by atoms with Gasteiger partial charge in [0.25, 0.3) is 0 Å². The topological polar surface area (TPSA) is 290 Å². The smallest absolute Gasteiger partial charge is 0.481 e. The highest BCUT2D eigenvalue weighted by Crippen LogP contribution is 2.40. The van der Waals surface area contributed by atoms with E-state index in [2.05, 4.69) is 114 Å². The van der Waals surface area contributed by atoms with Crippen LogP contribution in [0.1, 0.15) is 182 Å². The molecule has 0 amide bonds. The van der Waals surface area contributed by atoms with Gasteiger partial charge in [-0.15, -0.1) is 24.9 Å². The number of hydrogen-bond donors (Lipinski definition) is 5. The summed E-state index contributed by atoms with van der Waals surface area (Å²) in [7, 11) is -0.173. The fourth-order valence-electron chi connectivity index (χ4n) is 6.89. The number of thioether (sulfide) groups is 1. The Hall–Kier alpha value is -3.86. The summed E-state index contributed by atoms with van der Waals surface area (Å²) >= 11 is 5.37. The minimum Gasteiger partial charge on any atom is -0.481 e. The van der Waals surface area contributed by atoms with E-state index in [9.17, 15) is 42.9 Å². The maximum Gasteiger partial charge on any atom is 0.500 e. The number of rotatable bonds is 38. The lowest BCUT2D eigenvalue weighted by atomic mass is 10.1. The van der Waals surface area contributed by atoms with E-state index in [1.165, 1.54) is 36.2 Å². The van der Waals surface area contributed by atoms with Crippen molar-refractivity contribution in [3.8, 4) is 0 Å². The van der Waals surface area contributed by atoms with Gasteiger partial charge >= 0.3 is 28.3 Å². The third kappa shape index (κ3) is 79.0. The average molecular weight is 1440 g/mol. The van der Waals surface area contributed by atoms with E-state index in [0.29, 0.717) is 135 Å². The van der Waals surface area contributed by atoms with Gasteiger partial charge in [0, 0.05) is 91.6 Å². The van der Waals surface area contributed by atoms with Gasteiger partial charge in [-0.1, -0.05) is 184 Å². The maximum atomic E-state index is 11.5. The fraction of sp³-hybridized carbons (Fsp3) is 0.662. The first-order valence-electron chi connectivity index (χ1n) is 32.3. The Morgan fingerprint density at radius 2 is 0.958 bits per heavy atom. The number of carbonyl (C=O) groups excluding carboxylic acids is 6. The lowest BCUT2D eigenvalue weighted by Crippen LogP contribution is -2.43. The number of hydrogen-bond acceptors (Lipinski definition) is 17. The third-order valence-corrected chi connectivity index (χ3v) is 19.2. The molecular weight excluding hydrogens is 1310 g/mol. The molecule has 0 aliphatic heterocycles.